The molecule has 0 aliphatic heterocycles. The van der Waals surface area contributed by atoms with E-state index in [1.165, 1.54) is 6.20 Å². The topological polar surface area (TPSA) is 64.0 Å². The fraction of sp³-hybridized carbons (Fsp3) is 0.182. The highest BCUT2D eigenvalue weighted by molar-refractivity contribution is 14.1. The molecule has 5 nitrogen and oxygen atoms in total. The highest BCUT2D eigenvalue weighted by atomic mass is 127. The zero-order valence-corrected chi connectivity index (χ0v) is 12.9. The zero-order valence-electron chi connectivity index (χ0n) is 9.88. The summed E-state index contributed by atoms with van der Waals surface area (Å²) >= 11 is 2.13. The number of halogens is 1. The molecule has 0 radical (unpaired) electrons. The van der Waals surface area contributed by atoms with Gasteiger partial charge in [-0.25, -0.2) is 4.98 Å². The predicted octanol–water partition coefficient (Wildman–Crippen LogP) is 2.13. The van der Waals surface area contributed by atoms with Crippen LogP contribution in [-0.2, 0) is 17.1 Å². The summed E-state index contributed by atoms with van der Waals surface area (Å²) in [6, 6.07) is 7.15. The lowest BCUT2D eigenvalue weighted by atomic mass is 10.3. The van der Waals surface area contributed by atoms with Crippen LogP contribution in [0.3, 0.4) is 0 Å². The van der Waals surface area contributed by atoms with Crippen molar-refractivity contribution in [1.29, 1.82) is 0 Å². The Hall–Kier alpha value is -1.09. The Morgan fingerprint density at radius 2 is 2.11 bits per heavy atom. The molecule has 96 valence electrons. The number of hydrogen-bond donors (Lipinski definition) is 1. The fourth-order valence-electron chi connectivity index (χ4n) is 1.42. The first-order chi connectivity index (χ1) is 8.38. The maximum atomic E-state index is 12.1. The van der Waals surface area contributed by atoms with Crippen LogP contribution >= 0.6 is 22.6 Å². The molecule has 0 fully saturated rings. The minimum Gasteiger partial charge on any atom is -0.337 e. The van der Waals surface area contributed by atoms with Gasteiger partial charge in [0.05, 0.1) is 0 Å². The standard InChI is InChI=1S/C11H12IN3O2S/c1-8-13-11(7-15(8)2)18(16,17)14-10-5-3-4-9(12)6-10/h3-7,14H,1-2H3. The molecule has 0 spiro atoms. The minimum absolute atomic E-state index is 0.0290. The second-order valence-electron chi connectivity index (χ2n) is 3.85. The van der Waals surface area contributed by atoms with Crippen LogP contribution < -0.4 is 4.72 Å². The molecule has 1 aromatic carbocycles. The Kier molecular flexibility index (Phi) is 3.62. The fourth-order valence-corrected chi connectivity index (χ4v) is 3.05. The van der Waals surface area contributed by atoms with Crippen LogP contribution in [0.15, 0.2) is 35.5 Å². The van der Waals surface area contributed by atoms with Crippen LogP contribution in [0.5, 0.6) is 0 Å². The van der Waals surface area contributed by atoms with Crippen molar-refractivity contribution in [2.45, 2.75) is 11.9 Å². The van der Waals surface area contributed by atoms with Crippen LogP contribution in [0.4, 0.5) is 5.69 Å². The number of hydrogen-bond acceptors (Lipinski definition) is 3. The third kappa shape index (κ3) is 2.83. The number of benzene rings is 1. The number of nitrogens with zero attached hydrogens (tertiary/aromatic N) is 2. The molecule has 0 aliphatic carbocycles. The average molecular weight is 377 g/mol. The van der Waals surface area contributed by atoms with E-state index >= 15 is 0 Å². The monoisotopic (exact) mass is 377 g/mol. The highest BCUT2D eigenvalue weighted by Gasteiger charge is 2.18. The van der Waals surface area contributed by atoms with E-state index < -0.39 is 10.0 Å². The SMILES string of the molecule is Cc1nc(S(=O)(=O)Nc2cccc(I)c2)cn1C. The van der Waals surface area contributed by atoms with Gasteiger partial charge in [0.15, 0.2) is 5.03 Å². The van der Waals surface area contributed by atoms with Gasteiger partial charge in [0.1, 0.15) is 5.82 Å². The van der Waals surface area contributed by atoms with Gasteiger partial charge < -0.3 is 4.57 Å². The lowest BCUT2D eigenvalue weighted by Gasteiger charge is -2.05. The van der Waals surface area contributed by atoms with Crippen molar-refractivity contribution in [2.75, 3.05) is 4.72 Å². The smallest absolute Gasteiger partial charge is 0.280 e. The molecule has 2 aromatic rings. The Labute approximate surface area is 119 Å². The van der Waals surface area contributed by atoms with E-state index in [0.717, 1.165) is 3.57 Å². The maximum Gasteiger partial charge on any atom is 0.280 e. The minimum atomic E-state index is -3.62. The molecule has 1 N–H and O–H groups in total. The third-order valence-corrected chi connectivity index (χ3v) is 4.36. The molecule has 0 saturated carbocycles. The van der Waals surface area contributed by atoms with Gasteiger partial charge >= 0.3 is 0 Å². The quantitative estimate of drug-likeness (QED) is 0.834. The van der Waals surface area contributed by atoms with Crippen LogP contribution in [0.1, 0.15) is 5.82 Å². The first-order valence-corrected chi connectivity index (χ1v) is 7.73. The molecule has 0 unspecified atom stereocenters. The highest BCUT2D eigenvalue weighted by Crippen LogP contribution is 2.17. The number of rotatable bonds is 3. The van der Waals surface area contributed by atoms with Crippen molar-refractivity contribution in [1.82, 2.24) is 9.55 Å². The van der Waals surface area contributed by atoms with Crippen molar-refractivity contribution in [3.05, 3.63) is 39.9 Å². The van der Waals surface area contributed by atoms with Gasteiger partial charge in [0.2, 0.25) is 0 Å². The Balaban J connectivity index is 2.33. The third-order valence-electron chi connectivity index (χ3n) is 2.44. The number of sulfonamides is 1. The summed E-state index contributed by atoms with van der Waals surface area (Å²) < 4.78 is 29.3. The van der Waals surface area contributed by atoms with E-state index in [1.807, 2.05) is 6.07 Å². The van der Waals surface area contributed by atoms with Crippen molar-refractivity contribution >= 4 is 38.3 Å². The van der Waals surface area contributed by atoms with Crippen molar-refractivity contribution in [3.8, 4) is 0 Å². The maximum absolute atomic E-state index is 12.1. The molecule has 0 saturated heterocycles. The summed E-state index contributed by atoms with van der Waals surface area (Å²) in [6.45, 7) is 1.75. The Morgan fingerprint density at radius 3 is 2.67 bits per heavy atom. The van der Waals surface area contributed by atoms with Gasteiger partial charge in [-0.2, -0.15) is 8.42 Å². The first-order valence-electron chi connectivity index (χ1n) is 5.17. The molecule has 18 heavy (non-hydrogen) atoms. The van der Waals surface area contributed by atoms with Crippen molar-refractivity contribution in [3.63, 3.8) is 0 Å². The number of nitrogens with one attached hydrogen (secondary N) is 1. The molecular weight excluding hydrogens is 365 g/mol. The second-order valence-corrected chi connectivity index (χ2v) is 6.73. The summed E-state index contributed by atoms with van der Waals surface area (Å²) in [5.41, 5.74) is 0.533. The summed E-state index contributed by atoms with van der Waals surface area (Å²) in [6.07, 6.45) is 1.49. The second kappa shape index (κ2) is 4.88. The van der Waals surface area contributed by atoms with E-state index in [1.54, 1.807) is 36.7 Å². The molecule has 0 atom stereocenters. The normalized spacial score (nSPS) is 11.5. The van der Waals surface area contributed by atoms with Gasteiger partial charge in [-0.05, 0) is 47.7 Å². The van der Waals surface area contributed by atoms with E-state index in [9.17, 15) is 8.42 Å². The van der Waals surface area contributed by atoms with Crippen LogP contribution in [0.25, 0.3) is 0 Å². The predicted molar refractivity (Wildman–Crippen MR) is 77.9 cm³/mol. The van der Waals surface area contributed by atoms with Gasteiger partial charge in [-0.1, -0.05) is 6.07 Å². The zero-order chi connectivity index (χ0) is 13.3. The molecule has 0 amide bonds. The molecule has 0 aliphatic rings. The molecule has 2 rings (SSSR count). The number of aryl methyl sites for hydroxylation is 2. The Bertz CT molecular complexity index is 660. The van der Waals surface area contributed by atoms with E-state index in [2.05, 4.69) is 32.3 Å². The van der Waals surface area contributed by atoms with Crippen molar-refractivity contribution in [2.24, 2.45) is 7.05 Å². The summed E-state index contributed by atoms with van der Waals surface area (Å²) in [4.78, 5) is 4.01. The van der Waals surface area contributed by atoms with Gasteiger partial charge in [0, 0.05) is 22.5 Å². The average Bonchev–Trinajstić information content (AvgIpc) is 2.59. The van der Waals surface area contributed by atoms with Crippen LogP contribution in [0.2, 0.25) is 0 Å². The number of aromatic nitrogens is 2. The lowest BCUT2D eigenvalue weighted by Crippen LogP contribution is -2.13. The molecule has 7 heteroatoms. The van der Waals surface area contributed by atoms with Gasteiger partial charge in [0.25, 0.3) is 10.0 Å². The van der Waals surface area contributed by atoms with Crippen molar-refractivity contribution < 1.29 is 8.42 Å². The summed E-state index contributed by atoms with van der Waals surface area (Å²) in [7, 11) is -1.86. The summed E-state index contributed by atoms with van der Waals surface area (Å²) in [5.74, 6) is 0.651. The van der Waals surface area contributed by atoms with E-state index in [4.69, 9.17) is 0 Å². The molecule has 1 aromatic heterocycles. The number of imidazole rings is 1. The van der Waals surface area contributed by atoms with Gasteiger partial charge in [-0.15, -0.1) is 0 Å². The number of anilines is 1. The first kappa shape index (κ1) is 13.3. The molecular formula is C11H12IN3O2S. The van der Waals surface area contributed by atoms with E-state index in [-0.39, 0.29) is 5.03 Å². The lowest BCUT2D eigenvalue weighted by molar-refractivity contribution is 0.598. The molecule has 1 heterocycles. The molecule has 0 bridgehead atoms. The largest absolute Gasteiger partial charge is 0.337 e. The van der Waals surface area contributed by atoms with Crippen LogP contribution in [-0.4, -0.2) is 18.0 Å². The Morgan fingerprint density at radius 1 is 1.39 bits per heavy atom. The van der Waals surface area contributed by atoms with E-state index in [0.29, 0.717) is 11.5 Å². The van der Waals surface area contributed by atoms with Gasteiger partial charge in [-0.3, -0.25) is 4.72 Å². The van der Waals surface area contributed by atoms with Crippen LogP contribution in [0, 0.1) is 10.5 Å². The summed E-state index contributed by atoms with van der Waals surface area (Å²) in [5, 5.41) is 0.0290.